The van der Waals surface area contributed by atoms with Crippen LogP contribution in [0.2, 0.25) is 0 Å². The maximum atomic E-state index is 6.19. The summed E-state index contributed by atoms with van der Waals surface area (Å²) in [6.45, 7) is 5.91. The third kappa shape index (κ3) is 2.93. The van der Waals surface area contributed by atoms with Gasteiger partial charge in [0.1, 0.15) is 11.5 Å². The Morgan fingerprint density at radius 2 is 1.28 bits per heavy atom. The molecule has 3 aromatic carbocycles. The molecular weight excluding hydrogens is 310 g/mol. The highest BCUT2D eigenvalue weighted by atomic mass is 16.7. The summed E-state index contributed by atoms with van der Waals surface area (Å²) >= 11 is 0. The lowest BCUT2D eigenvalue weighted by Gasteiger charge is -2.25. The molecule has 0 aromatic heterocycles. The number of hydrogen-bond donors (Lipinski definition) is 1. The highest BCUT2D eigenvalue weighted by Gasteiger charge is 2.29. The van der Waals surface area contributed by atoms with Crippen LogP contribution in [0.15, 0.2) is 60.7 Å². The predicted molar refractivity (Wildman–Crippen MR) is 102 cm³/mol. The van der Waals surface area contributed by atoms with Crippen molar-refractivity contribution in [2.45, 2.75) is 26.6 Å². The van der Waals surface area contributed by atoms with E-state index in [2.05, 4.69) is 49.4 Å². The molecule has 0 radical (unpaired) electrons. The monoisotopic (exact) mass is 331 g/mol. The van der Waals surface area contributed by atoms with Gasteiger partial charge in [0, 0.05) is 36.7 Å². The highest BCUT2D eigenvalue weighted by molar-refractivity contribution is 5.81. The van der Waals surface area contributed by atoms with Crippen LogP contribution in [0, 0.1) is 6.92 Å². The van der Waals surface area contributed by atoms with Gasteiger partial charge in [-0.1, -0.05) is 35.9 Å². The van der Waals surface area contributed by atoms with Crippen molar-refractivity contribution in [3.8, 4) is 33.8 Å². The van der Waals surface area contributed by atoms with Crippen LogP contribution in [0.4, 0.5) is 5.69 Å². The van der Waals surface area contributed by atoms with Gasteiger partial charge in [-0.15, -0.1) is 0 Å². The normalized spacial score (nSPS) is 14.5. The van der Waals surface area contributed by atoms with Gasteiger partial charge in [-0.25, -0.2) is 0 Å². The Hall–Kier alpha value is -2.94. The van der Waals surface area contributed by atoms with Crippen molar-refractivity contribution < 1.29 is 9.47 Å². The van der Waals surface area contributed by atoms with Crippen LogP contribution in [0.5, 0.6) is 11.5 Å². The maximum Gasteiger partial charge on any atom is 0.245 e. The Bertz CT molecular complexity index is 943. The lowest BCUT2D eigenvalue weighted by molar-refractivity contribution is -0.0777. The van der Waals surface area contributed by atoms with Crippen LogP contribution in [0.25, 0.3) is 22.3 Å². The van der Waals surface area contributed by atoms with Gasteiger partial charge in [0.15, 0.2) is 0 Å². The van der Waals surface area contributed by atoms with Crippen molar-refractivity contribution in [1.29, 1.82) is 0 Å². The first-order valence-electron chi connectivity index (χ1n) is 8.40. The van der Waals surface area contributed by atoms with Gasteiger partial charge in [-0.05, 0) is 42.3 Å². The molecule has 0 spiro atoms. The molecule has 0 aliphatic carbocycles. The Morgan fingerprint density at radius 1 is 0.720 bits per heavy atom. The minimum Gasteiger partial charge on any atom is -0.452 e. The van der Waals surface area contributed by atoms with Crippen molar-refractivity contribution in [2.24, 2.45) is 0 Å². The van der Waals surface area contributed by atoms with Gasteiger partial charge >= 0.3 is 0 Å². The summed E-state index contributed by atoms with van der Waals surface area (Å²) in [7, 11) is 0. The molecule has 25 heavy (non-hydrogen) atoms. The van der Waals surface area contributed by atoms with E-state index in [9.17, 15) is 0 Å². The Labute approximate surface area is 148 Å². The number of ether oxygens (including phenoxy) is 2. The second kappa shape index (κ2) is 5.55. The molecule has 1 heterocycles. The largest absolute Gasteiger partial charge is 0.452 e. The molecule has 0 amide bonds. The van der Waals surface area contributed by atoms with Crippen molar-refractivity contribution in [3.63, 3.8) is 0 Å². The number of hydrogen-bond acceptors (Lipinski definition) is 3. The summed E-state index contributed by atoms with van der Waals surface area (Å²) in [4.78, 5) is 0. The van der Waals surface area contributed by atoms with E-state index in [-0.39, 0.29) is 0 Å². The Morgan fingerprint density at radius 3 is 1.96 bits per heavy atom. The average molecular weight is 331 g/mol. The Balaban J connectivity index is 1.88. The summed E-state index contributed by atoms with van der Waals surface area (Å²) in [5.74, 6) is 0.776. The zero-order chi connectivity index (χ0) is 17.6. The number of nitrogen functional groups attached to an aromatic ring is 1. The molecule has 1 aliphatic heterocycles. The highest BCUT2D eigenvalue weighted by Crippen LogP contribution is 2.44. The first-order valence-corrected chi connectivity index (χ1v) is 8.40. The molecular formula is C22H21NO2. The van der Waals surface area contributed by atoms with Crippen LogP contribution in [-0.4, -0.2) is 5.79 Å². The fourth-order valence-corrected chi connectivity index (χ4v) is 3.15. The van der Waals surface area contributed by atoms with E-state index in [0.717, 1.165) is 33.8 Å². The van der Waals surface area contributed by atoms with Crippen LogP contribution in [0.3, 0.4) is 0 Å². The Kier molecular flexibility index (Phi) is 3.46. The molecule has 1 aliphatic rings. The van der Waals surface area contributed by atoms with Gasteiger partial charge < -0.3 is 15.2 Å². The van der Waals surface area contributed by atoms with Gasteiger partial charge in [0.05, 0.1) is 0 Å². The quantitative estimate of drug-likeness (QED) is 0.606. The molecule has 0 bridgehead atoms. The van der Waals surface area contributed by atoms with Gasteiger partial charge in [0.2, 0.25) is 5.79 Å². The first kappa shape index (κ1) is 15.6. The summed E-state index contributed by atoms with van der Waals surface area (Å²) in [5, 5.41) is 0. The fraction of sp³-hybridized carbons (Fsp3) is 0.182. The number of rotatable bonds is 1. The van der Waals surface area contributed by atoms with Gasteiger partial charge in [-0.3, -0.25) is 0 Å². The summed E-state index contributed by atoms with van der Waals surface area (Å²) in [5.41, 5.74) is 12.1. The lowest BCUT2D eigenvalue weighted by Crippen LogP contribution is -2.34. The molecule has 0 fully saturated rings. The van der Waals surface area contributed by atoms with Crippen molar-refractivity contribution in [3.05, 3.63) is 66.2 Å². The number of benzene rings is 3. The molecule has 4 rings (SSSR count). The maximum absolute atomic E-state index is 6.19. The smallest absolute Gasteiger partial charge is 0.245 e. The first-order chi connectivity index (χ1) is 11.9. The average Bonchev–Trinajstić information content (AvgIpc) is 2.66. The standard InChI is InChI=1S/C22H21NO2/c1-14-4-6-15(7-5-14)16-8-10-18-19-11-9-17(23)13-21(19)25-22(2,3)24-20(18)12-16/h4-13H,23H2,1-3H3. The molecule has 0 saturated heterocycles. The van der Waals surface area contributed by atoms with Crippen molar-refractivity contribution >= 4 is 5.69 Å². The van der Waals surface area contributed by atoms with E-state index in [0.29, 0.717) is 5.69 Å². The summed E-state index contributed by atoms with van der Waals surface area (Å²) in [6.07, 6.45) is 0. The topological polar surface area (TPSA) is 44.5 Å². The van der Waals surface area contributed by atoms with Crippen LogP contribution in [0.1, 0.15) is 19.4 Å². The van der Waals surface area contributed by atoms with E-state index in [1.807, 2.05) is 32.0 Å². The second-order valence-corrected chi connectivity index (χ2v) is 6.94. The fourth-order valence-electron chi connectivity index (χ4n) is 3.15. The molecule has 126 valence electrons. The predicted octanol–water partition coefficient (Wildman–Crippen LogP) is 5.42. The molecule has 3 aromatic rings. The molecule has 0 unspecified atom stereocenters. The number of nitrogens with two attached hydrogens (primary N) is 1. The minimum atomic E-state index is -0.778. The van der Waals surface area contributed by atoms with Crippen molar-refractivity contribution in [2.75, 3.05) is 5.73 Å². The van der Waals surface area contributed by atoms with E-state index >= 15 is 0 Å². The summed E-state index contributed by atoms with van der Waals surface area (Å²) < 4.78 is 12.3. The molecule has 2 N–H and O–H groups in total. The van der Waals surface area contributed by atoms with Gasteiger partial charge in [0.25, 0.3) is 0 Å². The van der Waals surface area contributed by atoms with Crippen molar-refractivity contribution in [1.82, 2.24) is 0 Å². The molecule has 0 saturated carbocycles. The van der Waals surface area contributed by atoms with Crippen LogP contribution >= 0.6 is 0 Å². The second-order valence-electron chi connectivity index (χ2n) is 6.94. The molecule has 3 nitrogen and oxygen atoms in total. The van der Waals surface area contributed by atoms with Crippen LogP contribution in [-0.2, 0) is 0 Å². The summed E-state index contributed by atoms with van der Waals surface area (Å²) in [6, 6.07) is 20.5. The third-order valence-corrected chi connectivity index (χ3v) is 4.37. The SMILES string of the molecule is Cc1ccc(-c2ccc3c(c2)OC(C)(C)Oc2cc(N)ccc2-3)cc1. The van der Waals surface area contributed by atoms with E-state index in [4.69, 9.17) is 15.2 Å². The number of fused-ring (bicyclic) bond motifs is 3. The molecule has 0 atom stereocenters. The zero-order valence-electron chi connectivity index (χ0n) is 14.7. The minimum absolute atomic E-state index is 0.675. The number of aryl methyl sites for hydroxylation is 1. The zero-order valence-corrected chi connectivity index (χ0v) is 14.7. The van der Waals surface area contributed by atoms with E-state index in [1.165, 1.54) is 5.56 Å². The third-order valence-electron chi connectivity index (χ3n) is 4.37. The van der Waals surface area contributed by atoms with Crippen LogP contribution < -0.4 is 15.2 Å². The lowest BCUT2D eigenvalue weighted by atomic mass is 9.98. The van der Waals surface area contributed by atoms with E-state index in [1.54, 1.807) is 0 Å². The molecule has 3 heteroatoms. The van der Waals surface area contributed by atoms with E-state index < -0.39 is 5.79 Å². The number of anilines is 1. The van der Waals surface area contributed by atoms with Gasteiger partial charge in [-0.2, -0.15) is 0 Å².